The summed E-state index contributed by atoms with van der Waals surface area (Å²) in [6.07, 6.45) is 1.52. The first kappa shape index (κ1) is 20.3. The summed E-state index contributed by atoms with van der Waals surface area (Å²) in [6, 6.07) is 9.33. The molecule has 0 aliphatic carbocycles. The van der Waals surface area contributed by atoms with E-state index >= 15 is 0 Å². The second kappa shape index (κ2) is 8.89. The molecule has 0 aromatic carbocycles. The molecule has 0 N–H and O–H groups in total. The van der Waals surface area contributed by atoms with E-state index in [0.29, 0.717) is 48.9 Å². The number of rotatable bonds is 6. The van der Waals surface area contributed by atoms with E-state index in [2.05, 4.69) is 21.3 Å². The highest BCUT2D eigenvalue weighted by Crippen LogP contribution is 2.30. The SMILES string of the molecule is N#Cc1nc(-c2ccco2)oc1N1CCN(C(=O)CSc2nnc(-c3cccs3)o2)CC1. The van der Waals surface area contributed by atoms with Crippen LogP contribution < -0.4 is 4.90 Å². The lowest BCUT2D eigenvalue weighted by Gasteiger charge is -2.34. The number of piperazine rings is 1. The number of furan rings is 1. The number of hydrogen-bond acceptors (Lipinski definition) is 11. The Bertz CT molecular complexity index is 1230. The first-order valence-corrected chi connectivity index (χ1v) is 11.6. The zero-order chi connectivity index (χ0) is 21.9. The normalized spacial score (nSPS) is 14.0. The molecule has 0 radical (unpaired) electrons. The number of nitrogens with zero attached hydrogens (tertiary/aromatic N) is 6. The summed E-state index contributed by atoms with van der Waals surface area (Å²) in [5, 5.41) is 19.7. The van der Waals surface area contributed by atoms with Crippen molar-refractivity contribution in [3.63, 3.8) is 0 Å². The Morgan fingerprint density at radius 1 is 1.16 bits per heavy atom. The maximum atomic E-state index is 12.6. The molecular formula is C20H16N6O4S2. The summed E-state index contributed by atoms with van der Waals surface area (Å²) in [5.41, 5.74) is 0.199. The molecule has 1 fully saturated rings. The molecule has 1 amide bonds. The molecular weight excluding hydrogens is 452 g/mol. The van der Waals surface area contributed by atoms with Gasteiger partial charge in [0.25, 0.3) is 17.0 Å². The van der Waals surface area contributed by atoms with Crippen molar-refractivity contribution in [2.45, 2.75) is 5.22 Å². The number of aromatic nitrogens is 3. The minimum atomic E-state index is -0.0140. The molecule has 4 aromatic heterocycles. The lowest BCUT2D eigenvalue weighted by atomic mass is 10.3. The third-order valence-electron chi connectivity index (χ3n) is 4.82. The zero-order valence-corrected chi connectivity index (χ0v) is 18.3. The van der Waals surface area contributed by atoms with E-state index < -0.39 is 0 Å². The summed E-state index contributed by atoms with van der Waals surface area (Å²) in [7, 11) is 0. The van der Waals surface area contributed by atoms with Crippen molar-refractivity contribution in [1.29, 1.82) is 5.26 Å². The third-order valence-corrected chi connectivity index (χ3v) is 6.49. The van der Waals surface area contributed by atoms with Crippen LogP contribution >= 0.6 is 23.1 Å². The van der Waals surface area contributed by atoms with Crippen LogP contribution in [0.25, 0.3) is 22.4 Å². The molecule has 4 aromatic rings. The highest BCUT2D eigenvalue weighted by molar-refractivity contribution is 7.99. The van der Waals surface area contributed by atoms with Crippen molar-refractivity contribution in [3.05, 3.63) is 41.6 Å². The molecule has 0 unspecified atom stereocenters. The fourth-order valence-corrected chi connectivity index (χ4v) is 4.56. The first-order valence-electron chi connectivity index (χ1n) is 9.69. The van der Waals surface area contributed by atoms with Crippen LogP contribution in [0.15, 0.2) is 54.4 Å². The second-order valence-electron chi connectivity index (χ2n) is 6.77. The van der Waals surface area contributed by atoms with Gasteiger partial charge in [-0.2, -0.15) is 10.2 Å². The smallest absolute Gasteiger partial charge is 0.277 e. The van der Waals surface area contributed by atoms with E-state index in [9.17, 15) is 10.1 Å². The highest BCUT2D eigenvalue weighted by atomic mass is 32.2. The largest absolute Gasteiger partial charge is 0.459 e. The molecule has 0 saturated carbocycles. The summed E-state index contributed by atoms with van der Waals surface area (Å²) >= 11 is 2.74. The third kappa shape index (κ3) is 4.12. The number of carbonyl (C=O) groups excluding carboxylic acids is 1. The molecule has 0 atom stereocenters. The fraction of sp³-hybridized carbons (Fsp3) is 0.250. The predicted octanol–water partition coefficient (Wildman–Crippen LogP) is 3.36. The molecule has 5 heterocycles. The molecule has 10 nitrogen and oxygen atoms in total. The average molecular weight is 469 g/mol. The van der Waals surface area contributed by atoms with Gasteiger partial charge in [-0.05, 0) is 23.6 Å². The molecule has 5 rings (SSSR count). The van der Waals surface area contributed by atoms with Crippen LogP contribution in [0.1, 0.15) is 5.69 Å². The van der Waals surface area contributed by atoms with Crippen LogP contribution in [0.5, 0.6) is 0 Å². The summed E-state index contributed by atoms with van der Waals surface area (Å²) in [4.78, 5) is 21.4. The van der Waals surface area contributed by atoms with Gasteiger partial charge in [-0.25, -0.2) is 0 Å². The van der Waals surface area contributed by atoms with Gasteiger partial charge in [0.15, 0.2) is 5.76 Å². The topological polar surface area (TPSA) is 125 Å². The zero-order valence-electron chi connectivity index (χ0n) is 16.6. The van der Waals surface area contributed by atoms with Crippen LogP contribution in [0, 0.1) is 11.3 Å². The Labute approximate surface area is 190 Å². The summed E-state index contributed by atoms with van der Waals surface area (Å²) < 4.78 is 16.7. The number of thiophene rings is 1. The molecule has 0 bridgehead atoms. The first-order chi connectivity index (χ1) is 15.7. The molecule has 0 spiro atoms. The Morgan fingerprint density at radius 3 is 2.75 bits per heavy atom. The number of carbonyl (C=O) groups is 1. The fourth-order valence-electron chi connectivity index (χ4n) is 3.25. The molecule has 162 valence electrons. The van der Waals surface area contributed by atoms with Crippen LogP contribution in [0.3, 0.4) is 0 Å². The summed E-state index contributed by atoms with van der Waals surface area (Å²) in [5.74, 6) is 1.77. The van der Waals surface area contributed by atoms with Gasteiger partial charge in [0.05, 0.1) is 16.9 Å². The van der Waals surface area contributed by atoms with Crippen LogP contribution in [-0.2, 0) is 4.79 Å². The second-order valence-corrected chi connectivity index (χ2v) is 8.64. The number of anilines is 1. The average Bonchev–Trinajstić information content (AvgIpc) is 3.63. The monoisotopic (exact) mass is 468 g/mol. The van der Waals surface area contributed by atoms with Crippen molar-refractivity contribution < 1.29 is 18.0 Å². The van der Waals surface area contributed by atoms with Crippen LogP contribution in [-0.4, -0.2) is 57.9 Å². The minimum Gasteiger partial charge on any atom is -0.459 e. The molecule has 1 aliphatic rings. The maximum Gasteiger partial charge on any atom is 0.277 e. The number of thioether (sulfide) groups is 1. The van der Waals surface area contributed by atoms with Crippen molar-refractivity contribution in [1.82, 2.24) is 20.1 Å². The quantitative estimate of drug-likeness (QED) is 0.389. The van der Waals surface area contributed by atoms with Crippen molar-refractivity contribution in [2.75, 3.05) is 36.8 Å². The number of amides is 1. The minimum absolute atomic E-state index is 0.0140. The molecule has 32 heavy (non-hydrogen) atoms. The van der Waals surface area contributed by atoms with Gasteiger partial charge in [0, 0.05) is 26.2 Å². The summed E-state index contributed by atoms with van der Waals surface area (Å²) in [6.45, 7) is 2.07. The van der Waals surface area contributed by atoms with Crippen molar-refractivity contribution >= 4 is 34.9 Å². The van der Waals surface area contributed by atoms with Gasteiger partial charge < -0.3 is 23.1 Å². The van der Waals surface area contributed by atoms with Gasteiger partial charge in [-0.3, -0.25) is 4.79 Å². The van der Waals surface area contributed by atoms with Gasteiger partial charge in [-0.15, -0.1) is 21.5 Å². The van der Waals surface area contributed by atoms with Gasteiger partial charge >= 0.3 is 0 Å². The molecule has 1 saturated heterocycles. The van der Waals surface area contributed by atoms with Crippen LogP contribution in [0.4, 0.5) is 5.88 Å². The van der Waals surface area contributed by atoms with E-state index in [1.165, 1.54) is 29.4 Å². The van der Waals surface area contributed by atoms with Crippen LogP contribution in [0.2, 0.25) is 0 Å². The van der Waals surface area contributed by atoms with E-state index in [-0.39, 0.29) is 23.2 Å². The highest BCUT2D eigenvalue weighted by Gasteiger charge is 2.27. The Morgan fingerprint density at radius 2 is 2.03 bits per heavy atom. The van der Waals surface area contributed by atoms with Crippen molar-refractivity contribution in [2.24, 2.45) is 0 Å². The van der Waals surface area contributed by atoms with E-state index in [1.807, 2.05) is 22.4 Å². The number of hydrogen-bond donors (Lipinski definition) is 0. The molecule has 12 heteroatoms. The molecule has 1 aliphatic heterocycles. The maximum absolute atomic E-state index is 12.6. The Balaban J connectivity index is 1.16. The van der Waals surface area contributed by atoms with Crippen molar-refractivity contribution in [3.8, 4) is 28.5 Å². The predicted molar refractivity (Wildman–Crippen MR) is 116 cm³/mol. The van der Waals surface area contributed by atoms with E-state index in [1.54, 1.807) is 17.0 Å². The number of oxazole rings is 1. The van der Waals surface area contributed by atoms with E-state index in [4.69, 9.17) is 13.3 Å². The van der Waals surface area contributed by atoms with Gasteiger partial charge in [-0.1, -0.05) is 17.8 Å². The van der Waals surface area contributed by atoms with Gasteiger partial charge in [0.1, 0.15) is 6.07 Å². The lowest BCUT2D eigenvalue weighted by molar-refractivity contribution is -0.128. The number of nitriles is 1. The Hall–Kier alpha value is -3.56. The van der Waals surface area contributed by atoms with E-state index in [0.717, 1.165) is 4.88 Å². The Kier molecular flexibility index (Phi) is 5.66. The lowest BCUT2D eigenvalue weighted by Crippen LogP contribution is -2.49. The van der Waals surface area contributed by atoms with Gasteiger partial charge in [0.2, 0.25) is 17.5 Å². The standard InChI is InChI=1S/C20H16N6O4S2/c21-11-13-19(29-17(22-13)14-3-1-9-28-14)26-7-5-25(6-8-26)16(27)12-32-20-24-23-18(30-20)15-4-2-10-31-15/h1-4,9-10H,5-8,12H2.